The van der Waals surface area contributed by atoms with Gasteiger partial charge in [0.2, 0.25) is 0 Å². The predicted molar refractivity (Wildman–Crippen MR) is 128 cm³/mol. The van der Waals surface area contributed by atoms with Gasteiger partial charge >= 0.3 is 0 Å². The monoisotopic (exact) mass is 437 g/mol. The third-order valence-electron chi connectivity index (χ3n) is 5.70. The maximum absolute atomic E-state index is 14.6. The summed E-state index contributed by atoms with van der Waals surface area (Å²) in [5.74, 6) is -0.278. The Morgan fingerprint density at radius 1 is 1.23 bits per heavy atom. The lowest BCUT2D eigenvalue weighted by Crippen LogP contribution is -2.40. The zero-order valence-electron chi connectivity index (χ0n) is 17.6. The maximum Gasteiger partial charge on any atom is 0.126 e. The normalized spacial score (nSPS) is 21.1. The maximum atomic E-state index is 14.6. The van der Waals surface area contributed by atoms with E-state index < -0.39 is 0 Å². The van der Waals surface area contributed by atoms with Gasteiger partial charge in [0, 0.05) is 47.6 Å². The number of anilines is 1. The van der Waals surface area contributed by atoms with Crippen LogP contribution in [0.15, 0.2) is 62.9 Å². The number of halogens is 1. The first-order valence-corrected chi connectivity index (χ1v) is 11.9. The SMILES string of the molecule is CSC1=CC=C(C2=C(C#N)c3cc(F)c(C)cc3N(C3C=CSC(C)=C3)C2)N(C)C1. The van der Waals surface area contributed by atoms with Crippen molar-refractivity contribution in [3.05, 3.63) is 79.9 Å². The standard InChI is InChI=1S/C24H24FN3S2/c1-15-9-24-19(11-22(15)25)20(12-26)21(23-6-5-18(29-4)13-27(23)3)14-28(24)17-7-8-30-16(2)10-17/h5-11,17H,13-14H2,1-4H3. The Kier molecular flexibility index (Phi) is 5.86. The Hall–Kier alpha value is -2.36. The van der Waals surface area contributed by atoms with Crippen molar-refractivity contribution >= 4 is 34.8 Å². The molecule has 0 radical (unpaired) electrons. The van der Waals surface area contributed by atoms with Gasteiger partial charge in [-0.15, -0.1) is 23.5 Å². The molecule has 0 aliphatic carbocycles. The van der Waals surface area contributed by atoms with Crippen molar-refractivity contribution in [2.75, 3.05) is 31.3 Å². The van der Waals surface area contributed by atoms with E-state index in [0.29, 0.717) is 23.2 Å². The smallest absolute Gasteiger partial charge is 0.126 e. The van der Waals surface area contributed by atoms with Gasteiger partial charge < -0.3 is 9.80 Å². The van der Waals surface area contributed by atoms with E-state index >= 15 is 0 Å². The third-order valence-corrected chi connectivity index (χ3v) is 7.29. The van der Waals surface area contributed by atoms with Crippen molar-refractivity contribution in [2.45, 2.75) is 19.9 Å². The molecule has 1 unspecified atom stereocenters. The third kappa shape index (κ3) is 3.73. The Morgan fingerprint density at radius 3 is 2.70 bits per heavy atom. The molecule has 0 amide bonds. The molecular formula is C24H24FN3S2. The lowest BCUT2D eigenvalue weighted by molar-refractivity contribution is 0.461. The number of aryl methyl sites for hydroxylation is 1. The van der Waals surface area contributed by atoms with Gasteiger partial charge in [-0.2, -0.15) is 5.26 Å². The van der Waals surface area contributed by atoms with Crippen LogP contribution >= 0.6 is 23.5 Å². The van der Waals surface area contributed by atoms with Crippen LogP contribution < -0.4 is 4.90 Å². The van der Waals surface area contributed by atoms with E-state index in [9.17, 15) is 9.65 Å². The van der Waals surface area contributed by atoms with E-state index in [0.717, 1.165) is 23.5 Å². The Balaban J connectivity index is 1.90. The molecule has 0 spiro atoms. The molecule has 3 aliphatic heterocycles. The fourth-order valence-corrected chi connectivity index (χ4v) is 5.29. The molecule has 0 aromatic heterocycles. The molecule has 154 valence electrons. The summed E-state index contributed by atoms with van der Waals surface area (Å²) in [7, 11) is 2.05. The molecule has 3 aliphatic rings. The topological polar surface area (TPSA) is 30.3 Å². The number of thioether (sulfide) groups is 2. The first kappa shape index (κ1) is 20.9. The zero-order valence-corrected chi connectivity index (χ0v) is 19.2. The van der Waals surface area contributed by atoms with Gasteiger partial charge in [-0.25, -0.2) is 4.39 Å². The number of fused-ring (bicyclic) bond motifs is 1. The van der Waals surface area contributed by atoms with Crippen LogP contribution in [0.5, 0.6) is 0 Å². The van der Waals surface area contributed by atoms with E-state index in [-0.39, 0.29) is 11.9 Å². The van der Waals surface area contributed by atoms with Crippen LogP contribution in [0.1, 0.15) is 18.1 Å². The van der Waals surface area contributed by atoms with Gasteiger partial charge in [0.05, 0.1) is 11.6 Å². The highest BCUT2D eigenvalue weighted by Gasteiger charge is 2.32. The largest absolute Gasteiger partial charge is 0.369 e. The van der Waals surface area contributed by atoms with Crippen LogP contribution in [-0.2, 0) is 0 Å². The summed E-state index contributed by atoms with van der Waals surface area (Å²) < 4.78 is 14.6. The summed E-state index contributed by atoms with van der Waals surface area (Å²) in [5.41, 5.74) is 4.72. The number of likely N-dealkylation sites (N-methyl/N-ethyl adjacent to an activating group) is 1. The van der Waals surface area contributed by atoms with Gasteiger partial charge in [-0.3, -0.25) is 0 Å². The van der Waals surface area contributed by atoms with Gasteiger partial charge in [0.15, 0.2) is 0 Å². The number of benzene rings is 1. The highest BCUT2D eigenvalue weighted by Crippen LogP contribution is 2.42. The van der Waals surface area contributed by atoms with Gasteiger partial charge in [-0.1, -0.05) is 6.08 Å². The molecule has 0 saturated heterocycles. The second kappa shape index (κ2) is 8.41. The number of hydrogen-bond acceptors (Lipinski definition) is 5. The molecule has 1 aromatic rings. The lowest BCUT2D eigenvalue weighted by Gasteiger charge is -2.40. The molecule has 0 bridgehead atoms. The highest BCUT2D eigenvalue weighted by molar-refractivity contribution is 8.05. The highest BCUT2D eigenvalue weighted by atomic mass is 32.2. The minimum Gasteiger partial charge on any atom is -0.369 e. The molecule has 1 atom stereocenters. The van der Waals surface area contributed by atoms with Crippen LogP contribution in [0.2, 0.25) is 0 Å². The van der Waals surface area contributed by atoms with E-state index in [2.05, 4.69) is 58.8 Å². The van der Waals surface area contributed by atoms with Crippen molar-refractivity contribution in [3.8, 4) is 6.07 Å². The first-order chi connectivity index (χ1) is 14.4. The summed E-state index contributed by atoms with van der Waals surface area (Å²) in [6, 6.07) is 5.86. The van der Waals surface area contributed by atoms with E-state index in [4.69, 9.17) is 0 Å². The van der Waals surface area contributed by atoms with Crippen molar-refractivity contribution in [1.29, 1.82) is 5.26 Å². The molecular weight excluding hydrogens is 413 g/mol. The molecule has 0 fully saturated rings. The summed E-state index contributed by atoms with van der Waals surface area (Å²) in [6.07, 6.45) is 10.7. The average Bonchev–Trinajstić information content (AvgIpc) is 2.73. The number of rotatable bonds is 3. The summed E-state index contributed by atoms with van der Waals surface area (Å²) in [6.45, 7) is 5.29. The average molecular weight is 438 g/mol. The second-order valence-electron chi connectivity index (χ2n) is 7.67. The predicted octanol–water partition coefficient (Wildman–Crippen LogP) is 5.84. The number of hydrogen-bond donors (Lipinski definition) is 0. The van der Waals surface area contributed by atoms with Crippen molar-refractivity contribution in [2.24, 2.45) is 0 Å². The van der Waals surface area contributed by atoms with Gasteiger partial charge in [-0.05, 0) is 66.3 Å². The molecule has 3 nitrogen and oxygen atoms in total. The molecule has 4 rings (SSSR count). The lowest BCUT2D eigenvalue weighted by atomic mass is 9.89. The molecule has 0 saturated carbocycles. The molecule has 3 heterocycles. The summed E-state index contributed by atoms with van der Waals surface area (Å²) >= 11 is 3.44. The zero-order chi connectivity index (χ0) is 21.4. The van der Waals surface area contributed by atoms with E-state index in [1.165, 1.54) is 15.9 Å². The van der Waals surface area contributed by atoms with Crippen molar-refractivity contribution in [3.63, 3.8) is 0 Å². The second-order valence-corrected chi connectivity index (χ2v) is 9.76. The Bertz CT molecular complexity index is 1090. The molecule has 6 heteroatoms. The Morgan fingerprint density at radius 2 is 2.03 bits per heavy atom. The number of nitriles is 1. The Labute approximate surface area is 186 Å². The van der Waals surface area contributed by atoms with Crippen molar-refractivity contribution in [1.82, 2.24) is 4.90 Å². The fourth-order valence-electron chi connectivity index (χ4n) is 4.09. The summed E-state index contributed by atoms with van der Waals surface area (Å²) in [4.78, 5) is 6.97. The van der Waals surface area contributed by atoms with Crippen LogP contribution in [0.4, 0.5) is 10.1 Å². The van der Waals surface area contributed by atoms with Crippen molar-refractivity contribution < 1.29 is 4.39 Å². The van der Waals surface area contributed by atoms with E-state index in [1.54, 1.807) is 30.4 Å². The number of nitrogens with zero attached hydrogens (tertiary/aromatic N) is 3. The van der Waals surface area contributed by atoms with E-state index in [1.807, 2.05) is 13.1 Å². The van der Waals surface area contributed by atoms with Crippen LogP contribution in [0, 0.1) is 24.1 Å². The molecule has 0 N–H and O–H groups in total. The van der Waals surface area contributed by atoms with Gasteiger partial charge in [0.25, 0.3) is 0 Å². The van der Waals surface area contributed by atoms with Gasteiger partial charge in [0.1, 0.15) is 11.9 Å². The minimum absolute atomic E-state index is 0.0666. The summed E-state index contributed by atoms with van der Waals surface area (Å²) in [5, 5.41) is 12.2. The first-order valence-electron chi connectivity index (χ1n) is 9.81. The van der Waals surface area contributed by atoms with Crippen LogP contribution in [0.25, 0.3) is 5.57 Å². The molecule has 1 aromatic carbocycles. The van der Waals surface area contributed by atoms with Crippen LogP contribution in [0.3, 0.4) is 0 Å². The fraction of sp³-hybridized carbons (Fsp3) is 0.292. The quantitative estimate of drug-likeness (QED) is 0.593. The minimum atomic E-state index is -0.278. The molecule has 30 heavy (non-hydrogen) atoms. The number of allylic oxidation sites excluding steroid dienone is 4. The van der Waals surface area contributed by atoms with Crippen LogP contribution in [-0.4, -0.2) is 37.3 Å².